The first-order chi connectivity index (χ1) is 15.5. The Balaban J connectivity index is 1.33. The van der Waals surface area contributed by atoms with Gasteiger partial charge in [-0.2, -0.15) is 0 Å². The third-order valence-electron chi connectivity index (χ3n) is 5.46. The maximum Gasteiger partial charge on any atom is 0.260 e. The molecule has 1 aliphatic heterocycles. The molecule has 0 unspecified atom stereocenters. The second kappa shape index (κ2) is 9.68. The highest BCUT2D eigenvalue weighted by Gasteiger charge is 2.23. The summed E-state index contributed by atoms with van der Waals surface area (Å²) in [6.45, 7) is 8.74. The van der Waals surface area contributed by atoms with Gasteiger partial charge in [0.1, 0.15) is 23.2 Å². The molecule has 0 saturated carbocycles. The number of aryl methyl sites for hydroxylation is 3. The van der Waals surface area contributed by atoms with Gasteiger partial charge in [0.25, 0.3) is 5.91 Å². The molecule has 4 rings (SSSR count). The normalized spacial score (nSPS) is 13.7. The van der Waals surface area contributed by atoms with Crippen molar-refractivity contribution in [3.05, 3.63) is 71.5 Å². The van der Waals surface area contributed by atoms with E-state index in [9.17, 15) is 4.79 Å². The van der Waals surface area contributed by atoms with E-state index in [-0.39, 0.29) is 12.5 Å². The first-order valence-electron chi connectivity index (χ1n) is 10.9. The minimum absolute atomic E-state index is 0.00625. The third-order valence-corrected chi connectivity index (χ3v) is 5.46. The highest BCUT2D eigenvalue weighted by molar-refractivity contribution is 5.78. The lowest BCUT2D eigenvalue weighted by molar-refractivity contribution is -0.133. The molecule has 1 aromatic heterocycles. The smallest absolute Gasteiger partial charge is 0.260 e. The van der Waals surface area contributed by atoms with Crippen molar-refractivity contribution in [1.82, 2.24) is 14.9 Å². The summed E-state index contributed by atoms with van der Waals surface area (Å²) in [6.07, 6.45) is 0. The van der Waals surface area contributed by atoms with E-state index in [1.54, 1.807) is 0 Å². The molecule has 0 aliphatic carbocycles. The van der Waals surface area contributed by atoms with Crippen molar-refractivity contribution in [2.45, 2.75) is 20.8 Å². The van der Waals surface area contributed by atoms with E-state index in [1.165, 1.54) is 5.56 Å². The van der Waals surface area contributed by atoms with E-state index in [2.05, 4.69) is 39.2 Å². The molecule has 7 heteroatoms. The van der Waals surface area contributed by atoms with E-state index in [4.69, 9.17) is 4.74 Å². The highest BCUT2D eigenvalue weighted by atomic mass is 16.5. The van der Waals surface area contributed by atoms with E-state index in [1.807, 2.05) is 61.2 Å². The molecule has 0 bridgehead atoms. The lowest BCUT2D eigenvalue weighted by Gasteiger charge is -2.35. The molecule has 7 nitrogen and oxygen atoms in total. The first-order valence-corrected chi connectivity index (χ1v) is 10.9. The van der Waals surface area contributed by atoms with Crippen molar-refractivity contribution < 1.29 is 9.53 Å². The predicted octanol–water partition coefficient (Wildman–Crippen LogP) is 3.87. The molecule has 3 aromatic rings. The van der Waals surface area contributed by atoms with Crippen molar-refractivity contribution >= 4 is 23.2 Å². The van der Waals surface area contributed by atoms with Gasteiger partial charge < -0.3 is 19.9 Å². The Labute approximate surface area is 189 Å². The van der Waals surface area contributed by atoms with Gasteiger partial charge in [-0.1, -0.05) is 29.8 Å². The van der Waals surface area contributed by atoms with Crippen LogP contribution in [-0.2, 0) is 4.79 Å². The van der Waals surface area contributed by atoms with Crippen LogP contribution in [0.15, 0.2) is 54.6 Å². The van der Waals surface area contributed by atoms with Gasteiger partial charge in [0, 0.05) is 37.9 Å². The summed E-state index contributed by atoms with van der Waals surface area (Å²) in [6, 6.07) is 17.9. The number of benzene rings is 2. The standard InChI is InChI=1S/C25H29N5O2/c1-18-7-9-21(10-8-18)28-23-16-24(27-20(3)26-23)29-11-13-30(14-12-29)25(31)17-32-22-6-4-5-19(2)15-22/h4-10,15-16H,11-14,17H2,1-3H3,(H,26,27,28). The van der Waals surface area contributed by atoms with Crippen LogP contribution >= 0.6 is 0 Å². The number of amides is 1. The Hall–Kier alpha value is -3.61. The largest absolute Gasteiger partial charge is 0.484 e. The molecular formula is C25H29N5O2. The predicted molar refractivity (Wildman–Crippen MR) is 127 cm³/mol. The number of piperazine rings is 1. The number of rotatable bonds is 6. The van der Waals surface area contributed by atoms with Crippen LogP contribution in [0.4, 0.5) is 17.3 Å². The molecule has 1 N–H and O–H groups in total. The van der Waals surface area contributed by atoms with Gasteiger partial charge in [0.05, 0.1) is 0 Å². The molecule has 2 heterocycles. The van der Waals surface area contributed by atoms with Gasteiger partial charge >= 0.3 is 0 Å². The van der Waals surface area contributed by atoms with Gasteiger partial charge in [-0.15, -0.1) is 0 Å². The van der Waals surface area contributed by atoms with Crippen LogP contribution < -0.4 is 15.0 Å². The van der Waals surface area contributed by atoms with Gasteiger partial charge in [0.2, 0.25) is 0 Å². The van der Waals surface area contributed by atoms with Crippen molar-refractivity contribution in [3.8, 4) is 5.75 Å². The number of ether oxygens (including phenoxy) is 1. The van der Waals surface area contributed by atoms with E-state index in [0.29, 0.717) is 18.9 Å². The quantitative estimate of drug-likeness (QED) is 0.639. The molecule has 1 amide bonds. The van der Waals surface area contributed by atoms with Gasteiger partial charge in [-0.3, -0.25) is 4.79 Å². The molecule has 1 aliphatic rings. The van der Waals surface area contributed by atoms with Crippen LogP contribution in [0.5, 0.6) is 5.75 Å². The summed E-state index contributed by atoms with van der Waals surface area (Å²) in [4.78, 5) is 25.8. The number of hydrogen-bond donors (Lipinski definition) is 1. The minimum Gasteiger partial charge on any atom is -0.484 e. The van der Waals surface area contributed by atoms with Crippen molar-refractivity contribution in [1.29, 1.82) is 0 Å². The summed E-state index contributed by atoms with van der Waals surface area (Å²) >= 11 is 0. The molecule has 1 fully saturated rings. The number of carbonyl (C=O) groups is 1. The number of nitrogens with zero attached hydrogens (tertiary/aromatic N) is 4. The van der Waals surface area contributed by atoms with E-state index in [0.717, 1.165) is 41.7 Å². The molecule has 166 valence electrons. The maximum atomic E-state index is 12.6. The zero-order valence-electron chi connectivity index (χ0n) is 18.8. The van der Waals surface area contributed by atoms with Gasteiger partial charge in [0.15, 0.2) is 6.61 Å². The molecule has 1 saturated heterocycles. The lowest BCUT2D eigenvalue weighted by Crippen LogP contribution is -2.50. The first kappa shape index (κ1) is 21.6. The second-order valence-electron chi connectivity index (χ2n) is 8.12. The Morgan fingerprint density at radius 1 is 0.938 bits per heavy atom. The monoisotopic (exact) mass is 431 g/mol. The number of nitrogens with one attached hydrogen (secondary N) is 1. The number of anilines is 3. The number of hydrogen-bond acceptors (Lipinski definition) is 6. The van der Waals surface area contributed by atoms with Gasteiger partial charge in [-0.25, -0.2) is 9.97 Å². The highest BCUT2D eigenvalue weighted by Crippen LogP contribution is 2.21. The maximum absolute atomic E-state index is 12.6. The van der Waals surface area contributed by atoms with Crippen LogP contribution in [0.1, 0.15) is 17.0 Å². The van der Waals surface area contributed by atoms with Crippen LogP contribution in [0.2, 0.25) is 0 Å². The summed E-state index contributed by atoms with van der Waals surface area (Å²) in [5, 5.41) is 3.36. The average Bonchev–Trinajstić information content (AvgIpc) is 2.79. The van der Waals surface area contributed by atoms with Gasteiger partial charge in [-0.05, 0) is 50.6 Å². The third kappa shape index (κ3) is 5.55. The fourth-order valence-electron chi connectivity index (χ4n) is 3.69. The zero-order valence-corrected chi connectivity index (χ0v) is 18.8. The lowest BCUT2D eigenvalue weighted by atomic mass is 10.2. The van der Waals surface area contributed by atoms with Crippen molar-refractivity contribution in [2.24, 2.45) is 0 Å². The Kier molecular flexibility index (Phi) is 6.54. The van der Waals surface area contributed by atoms with Crippen LogP contribution in [0.25, 0.3) is 0 Å². The summed E-state index contributed by atoms with van der Waals surface area (Å²) in [5.41, 5.74) is 3.32. The van der Waals surface area contributed by atoms with E-state index < -0.39 is 0 Å². The van der Waals surface area contributed by atoms with Crippen molar-refractivity contribution in [2.75, 3.05) is 43.0 Å². The summed E-state index contributed by atoms with van der Waals surface area (Å²) < 4.78 is 5.68. The topological polar surface area (TPSA) is 70.6 Å². The van der Waals surface area contributed by atoms with Crippen LogP contribution in [-0.4, -0.2) is 53.6 Å². The van der Waals surface area contributed by atoms with Crippen LogP contribution in [0, 0.1) is 20.8 Å². The Bertz CT molecular complexity index is 1080. The minimum atomic E-state index is 0.00625. The molecular weight excluding hydrogens is 402 g/mol. The number of carbonyl (C=O) groups excluding carboxylic acids is 1. The fraction of sp³-hybridized carbons (Fsp3) is 0.320. The van der Waals surface area contributed by atoms with Crippen molar-refractivity contribution in [3.63, 3.8) is 0 Å². The summed E-state index contributed by atoms with van der Waals surface area (Å²) in [7, 11) is 0. The zero-order chi connectivity index (χ0) is 22.5. The fourth-order valence-corrected chi connectivity index (χ4v) is 3.69. The van der Waals surface area contributed by atoms with Crippen LogP contribution in [0.3, 0.4) is 0 Å². The average molecular weight is 432 g/mol. The molecule has 2 aromatic carbocycles. The summed E-state index contributed by atoms with van der Waals surface area (Å²) in [5.74, 6) is 3.08. The molecule has 0 spiro atoms. The second-order valence-corrected chi connectivity index (χ2v) is 8.12. The number of aromatic nitrogens is 2. The molecule has 32 heavy (non-hydrogen) atoms. The molecule has 0 atom stereocenters. The van der Waals surface area contributed by atoms with E-state index >= 15 is 0 Å². The molecule has 0 radical (unpaired) electrons. The Morgan fingerprint density at radius 3 is 2.41 bits per heavy atom. The Morgan fingerprint density at radius 2 is 1.69 bits per heavy atom. The SMILES string of the molecule is Cc1ccc(Nc2cc(N3CCN(C(=O)COc4cccc(C)c4)CC3)nc(C)n2)cc1.